The largest absolute Gasteiger partial charge is 0.321 e. The molecule has 0 aliphatic heterocycles. The molecule has 1 aromatic heterocycles. The van der Waals surface area contributed by atoms with E-state index in [0.717, 1.165) is 24.4 Å². The van der Waals surface area contributed by atoms with Gasteiger partial charge in [-0.3, -0.25) is 0 Å². The Bertz CT molecular complexity index is 555. The number of nitrogens with one attached hydrogen (secondary N) is 1. The molecule has 0 radical (unpaired) electrons. The van der Waals surface area contributed by atoms with Gasteiger partial charge in [0.05, 0.1) is 4.47 Å². The summed E-state index contributed by atoms with van der Waals surface area (Å²) in [5, 5.41) is 11.2. The van der Waals surface area contributed by atoms with Crippen molar-refractivity contribution in [2.45, 2.75) is 19.4 Å². The molecule has 0 aliphatic carbocycles. The predicted octanol–water partition coefficient (Wildman–Crippen LogP) is 2.61. The highest BCUT2D eigenvalue weighted by atomic mass is 79.9. The third-order valence-corrected chi connectivity index (χ3v) is 3.66. The Kier molecular flexibility index (Phi) is 4.66. The van der Waals surface area contributed by atoms with Crippen molar-refractivity contribution >= 4 is 15.9 Å². The molecule has 0 bridgehead atoms. The van der Waals surface area contributed by atoms with Crippen LogP contribution < -0.4 is 5.32 Å². The van der Waals surface area contributed by atoms with Gasteiger partial charge in [0.25, 0.3) is 0 Å². The molecule has 0 fully saturated rings. The van der Waals surface area contributed by atoms with Gasteiger partial charge in [-0.25, -0.2) is 4.39 Å². The van der Waals surface area contributed by atoms with Crippen LogP contribution in [0.3, 0.4) is 0 Å². The molecule has 1 heterocycles. The van der Waals surface area contributed by atoms with Crippen molar-refractivity contribution in [1.29, 1.82) is 0 Å². The average Bonchev–Trinajstić information content (AvgIpc) is 2.78. The van der Waals surface area contributed by atoms with Gasteiger partial charge in [-0.2, -0.15) is 0 Å². The van der Waals surface area contributed by atoms with Gasteiger partial charge in [-0.05, 0) is 40.5 Å². The van der Waals surface area contributed by atoms with Crippen molar-refractivity contribution in [1.82, 2.24) is 20.1 Å². The molecular weight excluding hydrogens is 311 g/mol. The third-order valence-electron chi connectivity index (χ3n) is 3.05. The topological polar surface area (TPSA) is 42.7 Å². The maximum atomic E-state index is 13.2. The van der Waals surface area contributed by atoms with Crippen LogP contribution in [0.25, 0.3) is 0 Å². The SMILES string of the molecule is CC(NCCc1nncn1C)c1ccc(F)c(Br)c1. The number of halogens is 2. The Balaban J connectivity index is 1.89. The van der Waals surface area contributed by atoms with Crippen molar-refractivity contribution in [3.63, 3.8) is 0 Å². The Morgan fingerprint density at radius 2 is 2.26 bits per heavy atom. The van der Waals surface area contributed by atoms with Gasteiger partial charge in [0.2, 0.25) is 0 Å². The molecule has 0 spiro atoms. The van der Waals surface area contributed by atoms with Crippen LogP contribution in [-0.4, -0.2) is 21.3 Å². The molecule has 2 aromatic rings. The van der Waals surface area contributed by atoms with Crippen LogP contribution in [0.2, 0.25) is 0 Å². The summed E-state index contributed by atoms with van der Waals surface area (Å²) in [6.07, 6.45) is 2.50. The summed E-state index contributed by atoms with van der Waals surface area (Å²) in [6, 6.07) is 5.22. The van der Waals surface area contributed by atoms with Crippen LogP contribution in [0.4, 0.5) is 4.39 Å². The highest BCUT2D eigenvalue weighted by Crippen LogP contribution is 2.21. The van der Waals surface area contributed by atoms with E-state index >= 15 is 0 Å². The summed E-state index contributed by atoms with van der Waals surface area (Å²) in [5.41, 5.74) is 1.05. The van der Waals surface area contributed by atoms with E-state index in [0.29, 0.717) is 4.47 Å². The van der Waals surface area contributed by atoms with E-state index in [9.17, 15) is 4.39 Å². The van der Waals surface area contributed by atoms with Crippen LogP contribution in [-0.2, 0) is 13.5 Å². The van der Waals surface area contributed by atoms with Crippen LogP contribution in [0.1, 0.15) is 24.4 Å². The number of hydrogen-bond donors (Lipinski definition) is 1. The van der Waals surface area contributed by atoms with E-state index in [1.165, 1.54) is 6.07 Å². The summed E-state index contributed by atoms with van der Waals surface area (Å²) in [4.78, 5) is 0. The van der Waals surface area contributed by atoms with Crippen molar-refractivity contribution in [2.24, 2.45) is 7.05 Å². The first-order chi connectivity index (χ1) is 9.08. The van der Waals surface area contributed by atoms with Gasteiger partial charge in [0.15, 0.2) is 0 Å². The maximum absolute atomic E-state index is 13.2. The van der Waals surface area contributed by atoms with Gasteiger partial charge in [0.1, 0.15) is 18.0 Å². The highest BCUT2D eigenvalue weighted by molar-refractivity contribution is 9.10. The molecule has 0 saturated heterocycles. The summed E-state index contributed by atoms with van der Waals surface area (Å²) >= 11 is 3.20. The van der Waals surface area contributed by atoms with Gasteiger partial charge in [0, 0.05) is 26.1 Å². The molecule has 0 saturated carbocycles. The Labute approximate surface area is 120 Å². The summed E-state index contributed by atoms with van der Waals surface area (Å²) in [7, 11) is 1.93. The first-order valence-corrected chi connectivity index (χ1v) is 6.88. The lowest BCUT2D eigenvalue weighted by atomic mass is 10.1. The van der Waals surface area contributed by atoms with E-state index in [1.54, 1.807) is 18.5 Å². The maximum Gasteiger partial charge on any atom is 0.137 e. The fraction of sp³-hybridized carbons (Fsp3) is 0.385. The first-order valence-electron chi connectivity index (χ1n) is 6.09. The number of aryl methyl sites for hydroxylation is 1. The van der Waals surface area contributed by atoms with Crippen molar-refractivity contribution < 1.29 is 4.39 Å². The summed E-state index contributed by atoms with van der Waals surface area (Å²) < 4.78 is 15.6. The van der Waals surface area contributed by atoms with Gasteiger partial charge < -0.3 is 9.88 Å². The highest BCUT2D eigenvalue weighted by Gasteiger charge is 2.08. The molecule has 0 aliphatic rings. The zero-order valence-corrected chi connectivity index (χ0v) is 12.5. The fourth-order valence-corrected chi connectivity index (χ4v) is 2.23. The van der Waals surface area contributed by atoms with E-state index in [1.807, 2.05) is 11.6 Å². The molecule has 1 aromatic carbocycles. The van der Waals surface area contributed by atoms with Gasteiger partial charge >= 0.3 is 0 Å². The molecule has 1 unspecified atom stereocenters. The predicted molar refractivity (Wildman–Crippen MR) is 75.2 cm³/mol. The van der Waals surface area contributed by atoms with E-state index in [4.69, 9.17) is 0 Å². The monoisotopic (exact) mass is 326 g/mol. The second kappa shape index (κ2) is 6.25. The zero-order chi connectivity index (χ0) is 13.8. The second-order valence-corrected chi connectivity index (χ2v) is 5.31. The number of nitrogens with zero attached hydrogens (tertiary/aromatic N) is 3. The van der Waals surface area contributed by atoms with Gasteiger partial charge in [-0.15, -0.1) is 10.2 Å². The van der Waals surface area contributed by atoms with Crippen molar-refractivity contribution in [2.75, 3.05) is 6.54 Å². The van der Waals surface area contributed by atoms with E-state index in [-0.39, 0.29) is 11.9 Å². The molecule has 19 heavy (non-hydrogen) atoms. The lowest BCUT2D eigenvalue weighted by Gasteiger charge is -2.14. The van der Waals surface area contributed by atoms with Crippen LogP contribution in [0.5, 0.6) is 0 Å². The van der Waals surface area contributed by atoms with Crippen LogP contribution >= 0.6 is 15.9 Å². The minimum Gasteiger partial charge on any atom is -0.321 e. The number of rotatable bonds is 5. The minimum absolute atomic E-state index is 0.158. The van der Waals surface area contributed by atoms with E-state index < -0.39 is 0 Å². The summed E-state index contributed by atoms with van der Waals surface area (Å²) in [5.74, 6) is 0.704. The molecule has 1 atom stereocenters. The third kappa shape index (κ3) is 3.61. The quantitative estimate of drug-likeness (QED) is 0.918. The molecule has 102 valence electrons. The second-order valence-electron chi connectivity index (χ2n) is 4.46. The molecule has 1 N–H and O–H groups in total. The molecule has 2 rings (SSSR count). The lowest BCUT2D eigenvalue weighted by Crippen LogP contribution is -2.22. The molecule has 4 nitrogen and oxygen atoms in total. The Morgan fingerprint density at radius 3 is 2.89 bits per heavy atom. The number of aromatic nitrogens is 3. The van der Waals surface area contributed by atoms with Crippen molar-refractivity contribution in [3.05, 3.63) is 46.2 Å². The smallest absolute Gasteiger partial charge is 0.137 e. The van der Waals surface area contributed by atoms with Crippen molar-refractivity contribution in [3.8, 4) is 0 Å². The number of hydrogen-bond acceptors (Lipinski definition) is 3. The summed E-state index contributed by atoms with van der Waals surface area (Å²) in [6.45, 7) is 2.85. The Morgan fingerprint density at radius 1 is 1.47 bits per heavy atom. The molecular formula is C13H16BrFN4. The average molecular weight is 327 g/mol. The minimum atomic E-state index is -0.241. The standard InChI is InChI=1S/C13H16BrFN4/c1-9(10-3-4-12(15)11(14)7-10)16-6-5-13-18-17-8-19(13)2/h3-4,7-9,16H,5-6H2,1-2H3. The lowest BCUT2D eigenvalue weighted by molar-refractivity contribution is 0.561. The fourth-order valence-electron chi connectivity index (χ4n) is 1.83. The molecule has 6 heteroatoms. The van der Waals surface area contributed by atoms with E-state index in [2.05, 4.69) is 38.4 Å². The molecule has 0 amide bonds. The zero-order valence-electron chi connectivity index (χ0n) is 10.9. The number of benzene rings is 1. The van der Waals surface area contributed by atoms with Crippen LogP contribution in [0.15, 0.2) is 29.0 Å². The van der Waals surface area contributed by atoms with Gasteiger partial charge in [-0.1, -0.05) is 6.07 Å². The Hall–Kier alpha value is -1.27. The first kappa shape index (κ1) is 14.1. The normalized spacial score (nSPS) is 12.6. The van der Waals surface area contributed by atoms with Crippen LogP contribution in [0, 0.1) is 5.82 Å².